The molecule has 0 spiro atoms. The smallest absolute Gasteiger partial charge is 0.320 e. The van der Waals surface area contributed by atoms with E-state index in [1.807, 2.05) is 6.92 Å². The summed E-state index contributed by atoms with van der Waals surface area (Å²) in [6.45, 7) is 2.82. The summed E-state index contributed by atoms with van der Waals surface area (Å²) in [5, 5.41) is 11.8. The van der Waals surface area contributed by atoms with Gasteiger partial charge in [-0.3, -0.25) is 4.79 Å². The molecule has 0 unspecified atom stereocenters. The van der Waals surface area contributed by atoms with E-state index >= 15 is 0 Å². The zero-order valence-electron chi connectivity index (χ0n) is 16.5. The molecule has 1 aromatic heterocycles. The molecule has 4 bridgehead atoms. The van der Waals surface area contributed by atoms with E-state index in [2.05, 4.69) is 42.4 Å². The number of allylic oxidation sites excluding steroid dienone is 1. The summed E-state index contributed by atoms with van der Waals surface area (Å²) in [6, 6.07) is 8.76. The molecule has 6 rings (SSSR count). The minimum absolute atomic E-state index is 0. The first kappa shape index (κ1) is 19.5. The van der Waals surface area contributed by atoms with Gasteiger partial charge in [-0.05, 0) is 24.1 Å². The van der Waals surface area contributed by atoms with Gasteiger partial charge in [0, 0.05) is 29.7 Å². The predicted molar refractivity (Wildman–Crippen MR) is 103 cm³/mol. The number of ether oxygens (including phenoxy) is 1. The number of fused-ring (bicyclic) bond motifs is 4. The number of piperidine rings is 3. The standard InChI is InChI=1S/C22H27N2O3.ClH/c1-4-13-11-24(2)18-10-16(13)22(12-25,21(26)27-3)19(24)9-15-14-7-5-6-8-17(14)23-20(15)18;/h4-8,16,18-19,23,25H,9-12H2,1-3H3;1H/q+1;/p-1/b13-4-;/t16-,18-,19-,22-,24-;/m0./s1. The van der Waals surface area contributed by atoms with Crippen molar-refractivity contribution in [3.63, 3.8) is 0 Å². The molecule has 5 heterocycles. The highest BCUT2D eigenvalue weighted by atomic mass is 35.5. The van der Waals surface area contributed by atoms with Gasteiger partial charge in [-0.25, -0.2) is 0 Å². The van der Waals surface area contributed by atoms with E-state index in [0.29, 0.717) is 6.04 Å². The van der Waals surface area contributed by atoms with Crippen LogP contribution >= 0.6 is 0 Å². The Bertz CT molecular complexity index is 983. The van der Waals surface area contributed by atoms with Crippen LogP contribution in [0.1, 0.15) is 30.6 Å². The molecule has 4 aliphatic heterocycles. The van der Waals surface area contributed by atoms with Crippen LogP contribution in [0.3, 0.4) is 0 Å². The number of halogens is 1. The average Bonchev–Trinajstić information content (AvgIpc) is 3.05. The molecule has 3 fully saturated rings. The Morgan fingerprint density at radius 2 is 2.18 bits per heavy atom. The zero-order chi connectivity index (χ0) is 19.0. The van der Waals surface area contributed by atoms with Crippen LogP contribution in [-0.2, 0) is 16.0 Å². The lowest BCUT2D eigenvalue weighted by Gasteiger charge is -2.66. The Labute approximate surface area is 171 Å². The van der Waals surface area contributed by atoms with E-state index in [0.717, 1.165) is 29.4 Å². The fourth-order valence-corrected chi connectivity index (χ4v) is 6.62. The zero-order valence-corrected chi connectivity index (χ0v) is 17.3. The summed E-state index contributed by atoms with van der Waals surface area (Å²) in [7, 11) is 3.71. The van der Waals surface area contributed by atoms with Crippen molar-refractivity contribution in [3.05, 3.63) is 47.2 Å². The Morgan fingerprint density at radius 3 is 2.86 bits per heavy atom. The van der Waals surface area contributed by atoms with Crippen molar-refractivity contribution in [1.29, 1.82) is 0 Å². The largest absolute Gasteiger partial charge is 1.00 e. The van der Waals surface area contributed by atoms with Gasteiger partial charge >= 0.3 is 5.97 Å². The molecule has 150 valence electrons. The normalized spacial score (nSPS) is 36.9. The predicted octanol–water partition coefficient (Wildman–Crippen LogP) is -0.284. The highest BCUT2D eigenvalue weighted by Crippen LogP contribution is 2.62. The third kappa shape index (κ3) is 2.07. The third-order valence-corrected chi connectivity index (χ3v) is 7.85. The van der Waals surface area contributed by atoms with E-state index in [-0.39, 0.29) is 36.9 Å². The van der Waals surface area contributed by atoms with E-state index in [4.69, 9.17) is 4.74 Å². The van der Waals surface area contributed by atoms with Crippen molar-refractivity contribution in [2.75, 3.05) is 27.3 Å². The third-order valence-electron chi connectivity index (χ3n) is 7.85. The van der Waals surface area contributed by atoms with Gasteiger partial charge in [-0.15, -0.1) is 0 Å². The van der Waals surface area contributed by atoms with Crippen molar-refractivity contribution in [3.8, 4) is 0 Å². The number of methoxy groups -OCH3 is 1. The van der Waals surface area contributed by atoms with Crippen molar-refractivity contribution in [1.82, 2.24) is 4.98 Å². The van der Waals surface area contributed by atoms with Gasteiger partial charge in [0.15, 0.2) is 0 Å². The van der Waals surface area contributed by atoms with Crippen molar-refractivity contribution in [2.45, 2.75) is 31.8 Å². The number of rotatable bonds is 2. The Hall–Kier alpha value is -1.82. The first-order chi connectivity index (χ1) is 13.0. The molecule has 3 saturated heterocycles. The maximum atomic E-state index is 13.1. The van der Waals surface area contributed by atoms with Crippen molar-refractivity contribution in [2.24, 2.45) is 11.3 Å². The van der Waals surface area contributed by atoms with Gasteiger partial charge in [0.25, 0.3) is 0 Å². The lowest BCUT2D eigenvalue weighted by Crippen LogP contribution is -3.00. The van der Waals surface area contributed by atoms with Crippen LogP contribution < -0.4 is 12.4 Å². The molecule has 5 atom stereocenters. The summed E-state index contributed by atoms with van der Waals surface area (Å²) in [6.07, 6.45) is 3.80. The van der Waals surface area contributed by atoms with Gasteiger partial charge in [-0.2, -0.15) is 0 Å². The number of hydrogen-bond acceptors (Lipinski definition) is 3. The molecule has 5 nitrogen and oxygen atoms in total. The number of aromatic nitrogens is 1. The van der Waals surface area contributed by atoms with Gasteiger partial charge in [0.05, 0.1) is 26.5 Å². The second kappa shape index (κ2) is 6.34. The van der Waals surface area contributed by atoms with Crippen LogP contribution in [0.4, 0.5) is 0 Å². The summed E-state index contributed by atoms with van der Waals surface area (Å²) >= 11 is 0. The molecule has 0 saturated carbocycles. The first-order valence-corrected chi connectivity index (χ1v) is 9.80. The van der Waals surface area contributed by atoms with E-state index in [9.17, 15) is 9.90 Å². The van der Waals surface area contributed by atoms with Gasteiger partial charge < -0.3 is 31.7 Å². The van der Waals surface area contributed by atoms with Crippen LogP contribution in [0.2, 0.25) is 0 Å². The lowest BCUT2D eigenvalue weighted by atomic mass is 9.54. The number of H-pyrrole nitrogens is 1. The topological polar surface area (TPSA) is 62.3 Å². The molecule has 6 heteroatoms. The van der Waals surface area contributed by atoms with Gasteiger partial charge in [0.1, 0.15) is 24.0 Å². The number of likely N-dealkylation sites (N-methyl/N-ethyl adjacent to an activating group) is 1. The average molecular weight is 403 g/mol. The minimum atomic E-state index is -0.865. The fourth-order valence-electron chi connectivity index (χ4n) is 6.62. The van der Waals surface area contributed by atoms with Crippen molar-refractivity contribution < 1.29 is 31.5 Å². The Morgan fingerprint density at radius 1 is 1.43 bits per heavy atom. The minimum Gasteiger partial charge on any atom is -1.00 e. The number of aliphatic hydroxyl groups excluding tert-OH is 1. The fraction of sp³-hybridized carbons (Fsp3) is 0.500. The second-order valence-corrected chi connectivity index (χ2v) is 8.65. The summed E-state index contributed by atoms with van der Waals surface area (Å²) < 4.78 is 6.05. The highest BCUT2D eigenvalue weighted by Gasteiger charge is 2.71. The van der Waals surface area contributed by atoms with E-state index in [1.165, 1.54) is 29.3 Å². The number of benzene rings is 1. The van der Waals surface area contributed by atoms with Gasteiger partial charge in [0.2, 0.25) is 0 Å². The first-order valence-electron chi connectivity index (χ1n) is 9.80. The Balaban J connectivity index is 0.00000192. The number of nitrogens with zero attached hydrogens (tertiary/aromatic N) is 1. The lowest BCUT2D eigenvalue weighted by molar-refractivity contribution is -0.981. The monoisotopic (exact) mass is 402 g/mol. The number of nitrogens with one attached hydrogen (secondary N) is 1. The van der Waals surface area contributed by atoms with Gasteiger partial charge in [-0.1, -0.05) is 24.3 Å². The molecule has 0 aliphatic carbocycles. The highest BCUT2D eigenvalue weighted by molar-refractivity contribution is 5.86. The maximum absolute atomic E-state index is 13.1. The summed E-state index contributed by atoms with van der Waals surface area (Å²) in [5.74, 6) is -0.223. The number of para-hydroxylation sites is 1. The summed E-state index contributed by atoms with van der Waals surface area (Å²) in [5.41, 5.74) is 4.23. The molecule has 0 radical (unpaired) electrons. The molecule has 28 heavy (non-hydrogen) atoms. The molecule has 0 amide bonds. The van der Waals surface area contributed by atoms with E-state index in [1.54, 1.807) is 0 Å². The number of carbonyl (C=O) groups excluding carboxylic acids is 1. The van der Waals surface area contributed by atoms with Crippen LogP contribution in [0.5, 0.6) is 0 Å². The molecule has 2 N–H and O–H groups in total. The quantitative estimate of drug-likeness (QED) is 0.412. The molecule has 1 aromatic carbocycles. The van der Waals surface area contributed by atoms with Crippen LogP contribution in [0.25, 0.3) is 10.9 Å². The Kier molecular flexibility index (Phi) is 4.42. The molecule has 2 aromatic rings. The molecule has 4 aliphatic rings. The van der Waals surface area contributed by atoms with Crippen molar-refractivity contribution >= 4 is 16.9 Å². The number of quaternary nitrogens is 1. The van der Waals surface area contributed by atoms with Crippen LogP contribution in [-0.4, -0.2) is 53.9 Å². The van der Waals surface area contributed by atoms with E-state index < -0.39 is 5.41 Å². The van der Waals surface area contributed by atoms with Crippen LogP contribution in [0.15, 0.2) is 35.9 Å². The second-order valence-electron chi connectivity index (χ2n) is 8.65. The number of hydrogen-bond donors (Lipinski definition) is 2. The van der Waals surface area contributed by atoms with Crippen LogP contribution in [0, 0.1) is 11.3 Å². The maximum Gasteiger partial charge on any atom is 0.320 e. The summed E-state index contributed by atoms with van der Waals surface area (Å²) in [4.78, 5) is 16.8. The number of esters is 1. The SMILES string of the molecule is C/C=C1/C[N@@+]2(C)[C@H]3C[C@@H]1[C@](CO)(C(=O)OC)[C@@H]2Cc1c3[nH]c2ccccc12.[Cl-]. The number of aliphatic hydroxyl groups is 1. The molecular weight excluding hydrogens is 376 g/mol. The number of carbonyl (C=O) groups is 1. The molecular formula is C22H27ClN2O3. The number of aromatic amines is 1.